The number of hydrogen-bond acceptors (Lipinski definition) is 3. The van der Waals surface area contributed by atoms with Crippen LogP contribution in [0.5, 0.6) is 0 Å². The molecule has 0 radical (unpaired) electrons. The molecule has 3 heteroatoms. The molecule has 1 heterocycles. The van der Waals surface area contributed by atoms with E-state index in [0.717, 1.165) is 12.5 Å². The van der Waals surface area contributed by atoms with E-state index >= 15 is 0 Å². The van der Waals surface area contributed by atoms with Crippen LogP contribution >= 0.6 is 0 Å². The van der Waals surface area contributed by atoms with Crippen molar-refractivity contribution in [1.82, 2.24) is 10.2 Å². The zero-order valence-corrected chi connectivity index (χ0v) is 11.5. The van der Waals surface area contributed by atoms with Gasteiger partial charge < -0.3 is 15.3 Å². The minimum Gasteiger partial charge on any atom is -0.389 e. The third-order valence-electron chi connectivity index (χ3n) is 3.82. The van der Waals surface area contributed by atoms with E-state index in [9.17, 15) is 5.11 Å². The van der Waals surface area contributed by atoms with Gasteiger partial charge in [-0.2, -0.15) is 0 Å². The molecule has 0 saturated carbocycles. The van der Waals surface area contributed by atoms with Gasteiger partial charge in [-0.3, -0.25) is 0 Å². The first kappa shape index (κ1) is 13.9. The number of rotatable bonds is 5. The molecule has 0 bridgehead atoms. The summed E-state index contributed by atoms with van der Waals surface area (Å²) in [6, 6.07) is 0.817. The van der Waals surface area contributed by atoms with Crippen molar-refractivity contribution in [3.63, 3.8) is 0 Å². The molecular formula is C13H28N2O. The molecule has 0 aromatic carbocycles. The zero-order valence-electron chi connectivity index (χ0n) is 11.5. The number of nitrogens with one attached hydrogen (secondary N) is 1. The summed E-state index contributed by atoms with van der Waals surface area (Å²) in [6.07, 6.45) is 1.28. The van der Waals surface area contributed by atoms with Crippen LogP contribution in [0.25, 0.3) is 0 Å². The van der Waals surface area contributed by atoms with Crippen molar-refractivity contribution >= 4 is 0 Å². The van der Waals surface area contributed by atoms with Crippen LogP contribution in [0.15, 0.2) is 0 Å². The van der Waals surface area contributed by atoms with Crippen molar-refractivity contribution in [3.8, 4) is 0 Å². The summed E-state index contributed by atoms with van der Waals surface area (Å²) in [6.45, 7) is 13.7. The van der Waals surface area contributed by atoms with E-state index < -0.39 is 5.60 Å². The summed E-state index contributed by atoms with van der Waals surface area (Å²) in [4.78, 5) is 2.53. The highest BCUT2D eigenvalue weighted by Gasteiger charge is 2.26. The molecule has 3 nitrogen and oxygen atoms in total. The van der Waals surface area contributed by atoms with Gasteiger partial charge in [0.25, 0.3) is 0 Å². The zero-order chi connectivity index (χ0) is 12.3. The Morgan fingerprint density at radius 1 is 1.38 bits per heavy atom. The molecule has 1 fully saturated rings. The second kappa shape index (κ2) is 5.48. The van der Waals surface area contributed by atoms with E-state index in [4.69, 9.17) is 0 Å². The molecule has 16 heavy (non-hydrogen) atoms. The van der Waals surface area contributed by atoms with Crippen molar-refractivity contribution in [3.05, 3.63) is 0 Å². The maximum absolute atomic E-state index is 9.83. The van der Waals surface area contributed by atoms with E-state index in [-0.39, 0.29) is 6.04 Å². The first-order valence-corrected chi connectivity index (χ1v) is 6.50. The molecule has 2 atom stereocenters. The number of aliphatic hydroxyl groups is 1. The highest BCUT2D eigenvalue weighted by molar-refractivity contribution is 4.84. The minimum absolute atomic E-state index is 0.153. The molecule has 0 aromatic heterocycles. The van der Waals surface area contributed by atoms with Gasteiger partial charge in [0.2, 0.25) is 0 Å². The quantitative estimate of drug-likeness (QED) is 0.748. The van der Waals surface area contributed by atoms with E-state index in [1.54, 1.807) is 0 Å². The molecule has 2 N–H and O–H groups in total. The van der Waals surface area contributed by atoms with E-state index in [1.807, 2.05) is 13.8 Å². The van der Waals surface area contributed by atoms with E-state index in [2.05, 4.69) is 31.0 Å². The predicted octanol–water partition coefficient (Wildman–Crippen LogP) is 1.47. The first-order chi connectivity index (χ1) is 7.30. The van der Waals surface area contributed by atoms with Crippen LogP contribution in [0.2, 0.25) is 0 Å². The van der Waals surface area contributed by atoms with Gasteiger partial charge in [0.1, 0.15) is 0 Å². The van der Waals surface area contributed by atoms with Gasteiger partial charge in [-0.05, 0) is 60.0 Å². The maximum atomic E-state index is 9.83. The summed E-state index contributed by atoms with van der Waals surface area (Å²) < 4.78 is 0. The van der Waals surface area contributed by atoms with Crippen LogP contribution in [0.4, 0.5) is 0 Å². The van der Waals surface area contributed by atoms with Crippen LogP contribution in [0.1, 0.15) is 41.0 Å². The molecule has 0 spiro atoms. The van der Waals surface area contributed by atoms with Crippen molar-refractivity contribution < 1.29 is 5.11 Å². The van der Waals surface area contributed by atoms with Crippen LogP contribution < -0.4 is 5.32 Å². The molecule has 96 valence electrons. The lowest BCUT2D eigenvalue weighted by Crippen LogP contribution is -2.46. The van der Waals surface area contributed by atoms with Gasteiger partial charge in [-0.15, -0.1) is 0 Å². The fraction of sp³-hybridized carbons (Fsp3) is 1.00. The minimum atomic E-state index is -0.629. The summed E-state index contributed by atoms with van der Waals surface area (Å²) in [5.74, 6) is 0.743. The Balaban J connectivity index is 2.25. The summed E-state index contributed by atoms with van der Waals surface area (Å²) in [7, 11) is 0. The molecule has 1 rings (SSSR count). The Morgan fingerprint density at radius 3 is 2.44 bits per heavy atom. The van der Waals surface area contributed by atoms with E-state index in [1.165, 1.54) is 19.5 Å². The van der Waals surface area contributed by atoms with Crippen molar-refractivity contribution in [1.29, 1.82) is 0 Å². The fourth-order valence-electron chi connectivity index (χ4n) is 2.09. The average Bonchev–Trinajstić information content (AvgIpc) is 2.60. The Bertz CT molecular complexity index is 210. The molecule has 0 aliphatic carbocycles. The van der Waals surface area contributed by atoms with Gasteiger partial charge in [0.05, 0.1) is 5.60 Å². The topological polar surface area (TPSA) is 35.5 Å². The maximum Gasteiger partial charge on any atom is 0.0741 e. The summed E-state index contributed by atoms with van der Waals surface area (Å²) in [5.41, 5.74) is -0.629. The SMILES string of the molecule is CC(C)N1CCC(CNC(C)C(C)(C)O)C1. The monoisotopic (exact) mass is 228 g/mol. The van der Waals surface area contributed by atoms with Gasteiger partial charge in [0.15, 0.2) is 0 Å². The van der Waals surface area contributed by atoms with Crippen LogP contribution in [-0.4, -0.2) is 47.3 Å². The van der Waals surface area contributed by atoms with Crippen molar-refractivity contribution in [2.45, 2.75) is 58.7 Å². The Hall–Kier alpha value is -0.120. The molecule has 0 aromatic rings. The molecule has 2 unspecified atom stereocenters. The fourth-order valence-corrected chi connectivity index (χ4v) is 2.09. The van der Waals surface area contributed by atoms with Crippen molar-refractivity contribution in [2.24, 2.45) is 5.92 Å². The summed E-state index contributed by atoms with van der Waals surface area (Å²) in [5, 5.41) is 13.3. The Kier molecular flexibility index (Phi) is 4.77. The molecule has 0 amide bonds. The average molecular weight is 228 g/mol. The Morgan fingerprint density at radius 2 is 2.00 bits per heavy atom. The lowest BCUT2D eigenvalue weighted by Gasteiger charge is -2.28. The summed E-state index contributed by atoms with van der Waals surface area (Å²) >= 11 is 0. The van der Waals surface area contributed by atoms with E-state index in [0.29, 0.717) is 6.04 Å². The highest BCUT2D eigenvalue weighted by atomic mass is 16.3. The predicted molar refractivity (Wildman–Crippen MR) is 68.6 cm³/mol. The second-order valence-corrected chi connectivity index (χ2v) is 6.03. The molecule has 1 aliphatic heterocycles. The number of nitrogens with zero attached hydrogens (tertiary/aromatic N) is 1. The normalized spacial score (nSPS) is 25.3. The third-order valence-corrected chi connectivity index (χ3v) is 3.82. The smallest absolute Gasteiger partial charge is 0.0741 e. The standard InChI is InChI=1S/C13H28N2O/c1-10(2)15-7-6-12(9-15)8-14-11(3)13(4,5)16/h10-12,14,16H,6-9H2,1-5H3. The lowest BCUT2D eigenvalue weighted by atomic mass is 10.00. The number of likely N-dealkylation sites (tertiary alicyclic amines) is 1. The largest absolute Gasteiger partial charge is 0.389 e. The van der Waals surface area contributed by atoms with Gasteiger partial charge >= 0.3 is 0 Å². The van der Waals surface area contributed by atoms with Crippen LogP contribution in [-0.2, 0) is 0 Å². The van der Waals surface area contributed by atoms with Gasteiger partial charge in [0, 0.05) is 18.6 Å². The lowest BCUT2D eigenvalue weighted by molar-refractivity contribution is 0.0429. The highest BCUT2D eigenvalue weighted by Crippen LogP contribution is 2.18. The molecular weight excluding hydrogens is 200 g/mol. The third kappa shape index (κ3) is 4.04. The van der Waals surface area contributed by atoms with Crippen LogP contribution in [0, 0.1) is 5.92 Å². The second-order valence-electron chi connectivity index (χ2n) is 6.03. The van der Waals surface area contributed by atoms with Crippen molar-refractivity contribution in [2.75, 3.05) is 19.6 Å². The van der Waals surface area contributed by atoms with Gasteiger partial charge in [-0.1, -0.05) is 0 Å². The molecule has 1 saturated heterocycles. The molecule has 1 aliphatic rings. The first-order valence-electron chi connectivity index (χ1n) is 6.50. The van der Waals surface area contributed by atoms with Gasteiger partial charge in [-0.25, -0.2) is 0 Å². The van der Waals surface area contributed by atoms with Crippen LogP contribution in [0.3, 0.4) is 0 Å². The Labute approximate surface area is 100 Å². The number of hydrogen-bond donors (Lipinski definition) is 2.